The van der Waals surface area contributed by atoms with Crippen LogP contribution in [-0.4, -0.2) is 36.1 Å². The molecule has 1 fully saturated rings. The summed E-state index contributed by atoms with van der Waals surface area (Å²) in [6, 6.07) is 9.54. The van der Waals surface area contributed by atoms with E-state index >= 15 is 0 Å². The van der Waals surface area contributed by atoms with Crippen LogP contribution < -0.4 is 15.0 Å². The van der Waals surface area contributed by atoms with Crippen molar-refractivity contribution in [2.24, 2.45) is 0 Å². The molecule has 0 spiro atoms. The highest BCUT2D eigenvalue weighted by Crippen LogP contribution is 2.18. The first-order valence-electron chi connectivity index (χ1n) is 9.33. The summed E-state index contributed by atoms with van der Waals surface area (Å²) in [4.78, 5) is 23.5. The summed E-state index contributed by atoms with van der Waals surface area (Å²) in [5, 5.41) is 2.86. The smallest absolute Gasteiger partial charge is 0.244 e. The number of nitrogens with one attached hydrogen (secondary N) is 1. The Morgan fingerprint density at radius 3 is 2.63 bits per heavy atom. The number of hydrogen-bond donors (Lipinski definition) is 1. The number of ether oxygens (including phenoxy) is 1. The van der Waals surface area contributed by atoms with Gasteiger partial charge in [-0.25, -0.2) is 9.97 Å². The molecular weight excluding hydrogens is 340 g/mol. The Morgan fingerprint density at radius 1 is 1.19 bits per heavy atom. The van der Waals surface area contributed by atoms with Gasteiger partial charge < -0.3 is 15.0 Å². The average molecular weight is 366 g/mol. The molecule has 1 aliphatic heterocycles. The second kappa shape index (κ2) is 9.16. The van der Waals surface area contributed by atoms with Gasteiger partial charge in [0.1, 0.15) is 17.4 Å². The summed E-state index contributed by atoms with van der Waals surface area (Å²) in [5.74, 6) is 2.22. The molecule has 27 heavy (non-hydrogen) atoms. The Balaban J connectivity index is 1.57. The Morgan fingerprint density at radius 2 is 1.93 bits per heavy atom. The van der Waals surface area contributed by atoms with E-state index in [0.29, 0.717) is 12.4 Å². The van der Waals surface area contributed by atoms with Gasteiger partial charge in [-0.05, 0) is 50.0 Å². The van der Waals surface area contributed by atoms with E-state index in [1.165, 1.54) is 25.3 Å². The second-order valence-corrected chi connectivity index (χ2v) is 6.66. The summed E-state index contributed by atoms with van der Waals surface area (Å²) in [6.07, 6.45) is 6.97. The SMILES string of the molecule is COc1ccc(/C=C/C(=O)NCc2nc(C)cc(N3CCCCC3)n2)cc1. The zero-order chi connectivity index (χ0) is 19.1. The highest BCUT2D eigenvalue weighted by Gasteiger charge is 2.14. The molecule has 0 radical (unpaired) electrons. The van der Waals surface area contributed by atoms with Gasteiger partial charge in [0, 0.05) is 30.9 Å². The molecule has 0 unspecified atom stereocenters. The van der Waals surface area contributed by atoms with Gasteiger partial charge in [-0.15, -0.1) is 0 Å². The van der Waals surface area contributed by atoms with Gasteiger partial charge >= 0.3 is 0 Å². The van der Waals surface area contributed by atoms with Crippen LogP contribution in [-0.2, 0) is 11.3 Å². The van der Waals surface area contributed by atoms with Crippen molar-refractivity contribution < 1.29 is 9.53 Å². The first-order chi connectivity index (χ1) is 13.1. The summed E-state index contributed by atoms with van der Waals surface area (Å²) >= 11 is 0. The van der Waals surface area contributed by atoms with Crippen LogP contribution in [0.3, 0.4) is 0 Å². The van der Waals surface area contributed by atoms with Gasteiger partial charge in [-0.1, -0.05) is 12.1 Å². The van der Waals surface area contributed by atoms with Crippen LogP contribution in [0.5, 0.6) is 5.75 Å². The molecule has 0 aliphatic carbocycles. The molecule has 1 aliphatic rings. The van der Waals surface area contributed by atoms with Gasteiger partial charge in [0.15, 0.2) is 0 Å². The molecule has 142 valence electrons. The number of rotatable bonds is 6. The van der Waals surface area contributed by atoms with Crippen LogP contribution in [0.1, 0.15) is 36.3 Å². The van der Waals surface area contributed by atoms with E-state index < -0.39 is 0 Å². The Hall–Kier alpha value is -2.89. The fourth-order valence-electron chi connectivity index (χ4n) is 3.09. The highest BCUT2D eigenvalue weighted by atomic mass is 16.5. The van der Waals surface area contributed by atoms with Crippen molar-refractivity contribution in [3.8, 4) is 5.75 Å². The number of benzene rings is 1. The number of carbonyl (C=O) groups excluding carboxylic acids is 1. The van der Waals surface area contributed by atoms with E-state index in [-0.39, 0.29) is 5.91 Å². The van der Waals surface area contributed by atoms with Gasteiger partial charge in [-0.3, -0.25) is 4.79 Å². The molecule has 2 aromatic rings. The van der Waals surface area contributed by atoms with Crippen LogP contribution in [0.15, 0.2) is 36.4 Å². The van der Waals surface area contributed by atoms with Crippen molar-refractivity contribution in [1.82, 2.24) is 15.3 Å². The molecule has 6 heteroatoms. The second-order valence-electron chi connectivity index (χ2n) is 6.66. The predicted octanol–water partition coefficient (Wildman–Crippen LogP) is 3.11. The zero-order valence-corrected chi connectivity index (χ0v) is 15.9. The lowest BCUT2D eigenvalue weighted by Gasteiger charge is -2.28. The summed E-state index contributed by atoms with van der Waals surface area (Å²) < 4.78 is 5.12. The van der Waals surface area contributed by atoms with E-state index in [9.17, 15) is 4.79 Å². The van der Waals surface area contributed by atoms with Crippen LogP contribution >= 0.6 is 0 Å². The number of amides is 1. The lowest BCUT2D eigenvalue weighted by molar-refractivity contribution is -0.116. The highest BCUT2D eigenvalue weighted by molar-refractivity contribution is 5.91. The number of anilines is 1. The minimum atomic E-state index is -0.171. The van der Waals surface area contributed by atoms with Crippen molar-refractivity contribution in [2.45, 2.75) is 32.7 Å². The average Bonchev–Trinajstić information content (AvgIpc) is 2.71. The number of hydrogen-bond acceptors (Lipinski definition) is 5. The number of methoxy groups -OCH3 is 1. The van der Waals surface area contributed by atoms with Crippen LogP contribution in [0, 0.1) is 6.92 Å². The molecule has 0 atom stereocenters. The maximum Gasteiger partial charge on any atom is 0.244 e. The largest absolute Gasteiger partial charge is 0.497 e. The van der Waals surface area contributed by atoms with Crippen molar-refractivity contribution in [1.29, 1.82) is 0 Å². The van der Waals surface area contributed by atoms with Gasteiger partial charge in [0.05, 0.1) is 13.7 Å². The minimum Gasteiger partial charge on any atom is -0.497 e. The molecule has 2 heterocycles. The first-order valence-corrected chi connectivity index (χ1v) is 9.33. The summed E-state index contributed by atoms with van der Waals surface area (Å²) in [5.41, 5.74) is 1.86. The van der Waals surface area contributed by atoms with Crippen molar-refractivity contribution in [2.75, 3.05) is 25.1 Å². The van der Waals surface area contributed by atoms with Crippen LogP contribution in [0.25, 0.3) is 6.08 Å². The summed E-state index contributed by atoms with van der Waals surface area (Å²) in [6.45, 7) is 4.35. The monoisotopic (exact) mass is 366 g/mol. The van der Waals surface area contributed by atoms with E-state index in [0.717, 1.165) is 35.9 Å². The van der Waals surface area contributed by atoms with Gasteiger partial charge in [0.2, 0.25) is 5.91 Å². The predicted molar refractivity (Wildman–Crippen MR) is 107 cm³/mol. The Bertz CT molecular complexity index is 796. The molecule has 1 amide bonds. The maximum atomic E-state index is 12.1. The molecule has 0 saturated carbocycles. The van der Waals surface area contributed by atoms with Crippen LogP contribution in [0.2, 0.25) is 0 Å². The molecule has 6 nitrogen and oxygen atoms in total. The third-order valence-electron chi connectivity index (χ3n) is 4.53. The minimum absolute atomic E-state index is 0.171. The number of carbonyl (C=O) groups is 1. The number of aryl methyl sites for hydroxylation is 1. The molecule has 0 bridgehead atoms. The molecule has 3 rings (SSSR count). The molecule has 1 aromatic carbocycles. The Kier molecular flexibility index (Phi) is 6.41. The third-order valence-corrected chi connectivity index (χ3v) is 4.53. The van der Waals surface area contributed by atoms with Crippen molar-refractivity contribution in [3.05, 3.63) is 53.5 Å². The lowest BCUT2D eigenvalue weighted by atomic mass is 10.1. The first kappa shape index (κ1) is 18.9. The van der Waals surface area contributed by atoms with Gasteiger partial charge in [-0.2, -0.15) is 0 Å². The standard InChI is InChI=1S/C21H26N4O2/c1-16-14-20(25-12-4-3-5-13-25)24-19(23-16)15-22-21(26)11-8-17-6-9-18(27-2)10-7-17/h6-11,14H,3-5,12-13,15H2,1-2H3,(H,22,26)/b11-8+. The van der Waals surface area contributed by atoms with E-state index in [2.05, 4.69) is 20.2 Å². The summed E-state index contributed by atoms with van der Waals surface area (Å²) in [7, 11) is 1.63. The van der Waals surface area contributed by atoms with E-state index in [1.54, 1.807) is 13.2 Å². The normalized spacial score (nSPS) is 14.4. The fraction of sp³-hybridized carbons (Fsp3) is 0.381. The van der Waals surface area contributed by atoms with Gasteiger partial charge in [0.25, 0.3) is 0 Å². The van der Waals surface area contributed by atoms with E-state index in [1.807, 2.05) is 37.3 Å². The quantitative estimate of drug-likeness (QED) is 0.796. The van der Waals surface area contributed by atoms with E-state index in [4.69, 9.17) is 4.74 Å². The van der Waals surface area contributed by atoms with Crippen molar-refractivity contribution >= 4 is 17.8 Å². The fourth-order valence-corrected chi connectivity index (χ4v) is 3.09. The number of aromatic nitrogens is 2. The lowest BCUT2D eigenvalue weighted by Crippen LogP contribution is -2.31. The molecule has 1 aromatic heterocycles. The molecule has 1 saturated heterocycles. The number of piperidine rings is 1. The third kappa shape index (κ3) is 5.54. The molecule has 1 N–H and O–H groups in total. The number of nitrogens with zero attached hydrogens (tertiary/aromatic N) is 3. The van der Waals surface area contributed by atoms with Crippen LogP contribution in [0.4, 0.5) is 5.82 Å². The topological polar surface area (TPSA) is 67.3 Å². The molecular formula is C21H26N4O2. The maximum absolute atomic E-state index is 12.1. The zero-order valence-electron chi connectivity index (χ0n) is 15.9. The van der Waals surface area contributed by atoms with Crippen molar-refractivity contribution in [3.63, 3.8) is 0 Å². The Labute approximate surface area is 160 Å².